The molecule has 0 heterocycles. The molecule has 0 bridgehead atoms. The maximum absolute atomic E-state index is 2.37. The molecule has 0 N–H and O–H groups in total. The molecule has 1 aliphatic rings. The molecule has 0 amide bonds. The number of hydrogen-bond acceptors (Lipinski definition) is 1. The van der Waals surface area contributed by atoms with Crippen LogP contribution in [0.25, 0.3) is 0 Å². The lowest BCUT2D eigenvalue weighted by molar-refractivity contribution is 0.258. The van der Waals surface area contributed by atoms with Crippen LogP contribution in [0.4, 0.5) is 0 Å². The Balaban J connectivity index is 2.03. The van der Waals surface area contributed by atoms with Crippen LogP contribution in [0, 0.1) is 0 Å². The summed E-state index contributed by atoms with van der Waals surface area (Å²) in [5.74, 6) is 0.540. The van der Waals surface area contributed by atoms with Crippen LogP contribution in [0.15, 0.2) is 54.6 Å². The first-order valence-electron chi connectivity index (χ1n) is 7.05. The second-order valence-corrected chi connectivity index (χ2v) is 5.72. The molecule has 0 saturated carbocycles. The van der Waals surface area contributed by atoms with Crippen molar-refractivity contribution < 1.29 is 0 Å². The van der Waals surface area contributed by atoms with E-state index in [-0.39, 0.29) is 0 Å². The van der Waals surface area contributed by atoms with Crippen LogP contribution in [0.1, 0.15) is 29.0 Å². The van der Waals surface area contributed by atoms with Crippen LogP contribution in [-0.4, -0.2) is 25.0 Å². The van der Waals surface area contributed by atoms with E-state index < -0.39 is 0 Å². The van der Waals surface area contributed by atoms with Crippen LogP contribution in [0.2, 0.25) is 0 Å². The third kappa shape index (κ3) is 2.43. The van der Waals surface area contributed by atoms with Gasteiger partial charge >= 0.3 is 0 Å². The van der Waals surface area contributed by atoms with Crippen molar-refractivity contribution in [3.05, 3.63) is 71.3 Å². The van der Waals surface area contributed by atoms with E-state index in [0.717, 1.165) is 0 Å². The highest BCUT2D eigenvalue weighted by Crippen LogP contribution is 2.37. The summed E-state index contributed by atoms with van der Waals surface area (Å²) >= 11 is 0. The topological polar surface area (TPSA) is 3.24 Å². The standard InChI is InChI=1S/C18H21N/c1-19(2)16-12-15-10-6-7-11-17(15)18(13-16)14-8-4-3-5-9-14/h3-11,16,18H,12-13H2,1-2H3/t16-,18+/m1/s1. The zero-order valence-corrected chi connectivity index (χ0v) is 11.7. The van der Waals surface area contributed by atoms with Gasteiger partial charge in [-0.2, -0.15) is 0 Å². The molecular formula is C18H21N. The summed E-state index contributed by atoms with van der Waals surface area (Å²) in [4.78, 5) is 2.37. The van der Waals surface area contributed by atoms with E-state index in [9.17, 15) is 0 Å². The molecular weight excluding hydrogens is 230 g/mol. The second-order valence-electron chi connectivity index (χ2n) is 5.72. The largest absolute Gasteiger partial charge is 0.306 e. The quantitative estimate of drug-likeness (QED) is 0.786. The summed E-state index contributed by atoms with van der Waals surface area (Å²) in [6, 6.07) is 20.5. The van der Waals surface area contributed by atoms with Gasteiger partial charge < -0.3 is 4.90 Å². The maximum Gasteiger partial charge on any atom is 0.0139 e. The average Bonchev–Trinajstić information content (AvgIpc) is 2.47. The molecule has 0 fully saturated rings. The van der Waals surface area contributed by atoms with Gasteiger partial charge in [0, 0.05) is 12.0 Å². The lowest BCUT2D eigenvalue weighted by Crippen LogP contribution is -2.35. The summed E-state index contributed by atoms with van der Waals surface area (Å²) in [5.41, 5.74) is 4.48. The van der Waals surface area contributed by atoms with Crippen LogP contribution in [0.3, 0.4) is 0 Å². The van der Waals surface area contributed by atoms with E-state index in [1.165, 1.54) is 29.5 Å². The Morgan fingerprint density at radius 3 is 2.32 bits per heavy atom. The second kappa shape index (κ2) is 5.18. The number of benzene rings is 2. The molecule has 0 unspecified atom stereocenters. The predicted molar refractivity (Wildman–Crippen MR) is 80.5 cm³/mol. The molecule has 0 radical (unpaired) electrons. The van der Waals surface area contributed by atoms with Gasteiger partial charge in [-0.3, -0.25) is 0 Å². The first-order chi connectivity index (χ1) is 9.25. The Morgan fingerprint density at radius 1 is 0.895 bits per heavy atom. The number of rotatable bonds is 2. The summed E-state index contributed by atoms with van der Waals surface area (Å²) in [7, 11) is 4.39. The molecule has 3 rings (SSSR count). The number of nitrogens with zero attached hydrogens (tertiary/aromatic N) is 1. The molecule has 2 atom stereocenters. The van der Waals surface area contributed by atoms with Gasteiger partial charge in [-0.15, -0.1) is 0 Å². The monoisotopic (exact) mass is 251 g/mol. The predicted octanol–water partition coefficient (Wildman–Crippen LogP) is 3.69. The van der Waals surface area contributed by atoms with E-state index in [2.05, 4.69) is 73.6 Å². The summed E-state index contributed by atoms with van der Waals surface area (Å²) in [6.45, 7) is 0. The van der Waals surface area contributed by atoms with Crippen molar-refractivity contribution in [1.82, 2.24) is 4.90 Å². The SMILES string of the molecule is CN(C)[C@@H]1Cc2ccccc2[C@H](c2ccccc2)C1. The summed E-state index contributed by atoms with van der Waals surface area (Å²) in [5, 5.41) is 0. The summed E-state index contributed by atoms with van der Waals surface area (Å²) < 4.78 is 0. The first kappa shape index (κ1) is 12.4. The first-order valence-corrected chi connectivity index (χ1v) is 7.05. The van der Waals surface area contributed by atoms with Crippen molar-refractivity contribution in [2.75, 3.05) is 14.1 Å². The minimum Gasteiger partial charge on any atom is -0.306 e. The Bertz CT molecular complexity index is 545. The highest BCUT2D eigenvalue weighted by Gasteiger charge is 2.28. The van der Waals surface area contributed by atoms with Gasteiger partial charge in [0.25, 0.3) is 0 Å². The van der Waals surface area contributed by atoms with Gasteiger partial charge in [-0.25, -0.2) is 0 Å². The van der Waals surface area contributed by atoms with Gasteiger partial charge in [0.1, 0.15) is 0 Å². The van der Waals surface area contributed by atoms with E-state index in [4.69, 9.17) is 0 Å². The minimum atomic E-state index is 0.540. The fourth-order valence-electron chi connectivity index (χ4n) is 3.19. The molecule has 1 nitrogen and oxygen atoms in total. The molecule has 1 aliphatic carbocycles. The Morgan fingerprint density at radius 2 is 1.58 bits per heavy atom. The summed E-state index contributed by atoms with van der Waals surface area (Å²) in [6.07, 6.45) is 2.39. The molecule has 2 aromatic carbocycles. The van der Waals surface area contributed by atoms with Gasteiger partial charge in [0.05, 0.1) is 0 Å². The van der Waals surface area contributed by atoms with Crippen molar-refractivity contribution in [3.63, 3.8) is 0 Å². The lowest BCUT2D eigenvalue weighted by atomic mass is 9.76. The van der Waals surface area contributed by atoms with E-state index in [0.29, 0.717) is 12.0 Å². The Hall–Kier alpha value is -1.60. The molecule has 19 heavy (non-hydrogen) atoms. The number of fused-ring (bicyclic) bond motifs is 1. The molecule has 0 saturated heterocycles. The zero-order chi connectivity index (χ0) is 13.2. The average molecular weight is 251 g/mol. The van der Waals surface area contributed by atoms with Gasteiger partial charge in [0.2, 0.25) is 0 Å². The molecule has 0 aliphatic heterocycles. The van der Waals surface area contributed by atoms with Crippen molar-refractivity contribution in [3.8, 4) is 0 Å². The van der Waals surface area contributed by atoms with Crippen LogP contribution >= 0.6 is 0 Å². The lowest BCUT2D eigenvalue weighted by Gasteiger charge is -2.35. The minimum absolute atomic E-state index is 0.540. The Labute approximate surface area is 115 Å². The maximum atomic E-state index is 2.37. The van der Waals surface area contributed by atoms with Crippen molar-refractivity contribution in [1.29, 1.82) is 0 Å². The highest BCUT2D eigenvalue weighted by molar-refractivity contribution is 5.40. The number of hydrogen-bond donors (Lipinski definition) is 0. The van der Waals surface area contributed by atoms with E-state index in [1.807, 2.05) is 0 Å². The van der Waals surface area contributed by atoms with Gasteiger partial charge in [-0.05, 0) is 43.6 Å². The van der Waals surface area contributed by atoms with Crippen LogP contribution in [-0.2, 0) is 6.42 Å². The zero-order valence-electron chi connectivity index (χ0n) is 11.7. The van der Waals surface area contributed by atoms with Crippen molar-refractivity contribution in [2.24, 2.45) is 0 Å². The van der Waals surface area contributed by atoms with Crippen molar-refractivity contribution in [2.45, 2.75) is 24.8 Å². The molecule has 1 heteroatoms. The normalized spacial score (nSPS) is 22.3. The Kier molecular flexibility index (Phi) is 3.39. The molecule has 0 aromatic heterocycles. The molecule has 0 spiro atoms. The highest BCUT2D eigenvalue weighted by atomic mass is 15.1. The third-order valence-electron chi connectivity index (χ3n) is 4.33. The van der Waals surface area contributed by atoms with Crippen LogP contribution < -0.4 is 0 Å². The molecule has 2 aromatic rings. The molecule has 98 valence electrons. The van der Waals surface area contributed by atoms with Gasteiger partial charge in [-0.1, -0.05) is 54.6 Å². The van der Waals surface area contributed by atoms with Crippen molar-refractivity contribution >= 4 is 0 Å². The van der Waals surface area contributed by atoms with Crippen LogP contribution in [0.5, 0.6) is 0 Å². The fraction of sp³-hybridized carbons (Fsp3) is 0.333. The number of likely N-dealkylation sites (N-methyl/N-ethyl adjacent to an activating group) is 1. The third-order valence-corrected chi connectivity index (χ3v) is 4.33. The van der Waals surface area contributed by atoms with E-state index >= 15 is 0 Å². The fourth-order valence-corrected chi connectivity index (χ4v) is 3.19. The smallest absolute Gasteiger partial charge is 0.0139 e. The van der Waals surface area contributed by atoms with E-state index in [1.54, 1.807) is 0 Å². The van der Waals surface area contributed by atoms with Gasteiger partial charge in [0.15, 0.2) is 0 Å².